The average Bonchev–Trinajstić information content (AvgIpc) is 2.64. The second kappa shape index (κ2) is 4.46. The molecule has 0 N–H and O–H groups in total. The third kappa shape index (κ3) is 1.68. The van der Waals surface area contributed by atoms with Crippen LogP contribution in [0, 0.1) is 6.92 Å². The van der Waals surface area contributed by atoms with Crippen LogP contribution in [0.3, 0.4) is 0 Å². The van der Waals surface area contributed by atoms with Crippen molar-refractivity contribution in [3.8, 4) is 0 Å². The second-order valence-corrected chi connectivity index (χ2v) is 5.54. The van der Waals surface area contributed by atoms with E-state index in [1.807, 2.05) is 12.3 Å². The van der Waals surface area contributed by atoms with Gasteiger partial charge in [0, 0.05) is 11.9 Å². The predicted octanol–water partition coefficient (Wildman–Crippen LogP) is 3.40. The summed E-state index contributed by atoms with van der Waals surface area (Å²) in [4.78, 5) is 9.32. The quantitative estimate of drug-likeness (QED) is 0.581. The van der Waals surface area contributed by atoms with Crippen LogP contribution in [0.15, 0.2) is 42.6 Å². The summed E-state index contributed by atoms with van der Waals surface area (Å²) in [6.07, 6.45) is 1.85. The minimum atomic E-state index is 0.258. The molecule has 0 amide bonds. The number of pyridine rings is 1. The van der Waals surface area contributed by atoms with Gasteiger partial charge in [0.05, 0.1) is 5.69 Å². The van der Waals surface area contributed by atoms with Gasteiger partial charge in [-0.25, -0.2) is 4.98 Å². The van der Waals surface area contributed by atoms with Gasteiger partial charge in [0.2, 0.25) is 0 Å². The minimum absolute atomic E-state index is 0.258. The molecule has 3 nitrogen and oxygen atoms in total. The first-order valence-corrected chi connectivity index (χ1v) is 7.11. The van der Waals surface area contributed by atoms with Crippen molar-refractivity contribution in [2.75, 3.05) is 16.7 Å². The normalized spacial score (nSPS) is 14.1. The Morgan fingerprint density at radius 2 is 1.83 bits per heavy atom. The van der Waals surface area contributed by atoms with Gasteiger partial charge in [-0.05, 0) is 37.7 Å². The Bertz CT molecular complexity index is 590. The van der Waals surface area contributed by atoms with Crippen LogP contribution in [-0.4, -0.2) is 16.9 Å². The molecule has 1 aliphatic rings. The molecule has 1 aromatic heterocycles. The molecular formula is C13H13BIN3. The van der Waals surface area contributed by atoms with E-state index in [0.29, 0.717) is 0 Å². The lowest BCUT2D eigenvalue weighted by molar-refractivity contribution is 1.24. The summed E-state index contributed by atoms with van der Waals surface area (Å²) >= 11 is 2.45. The van der Waals surface area contributed by atoms with Crippen molar-refractivity contribution >= 4 is 44.4 Å². The first-order chi connectivity index (χ1) is 8.70. The maximum Gasteiger partial charge on any atom is 0.455 e. The molecule has 0 spiro atoms. The third-order valence-corrected chi connectivity index (χ3v) is 4.67. The van der Waals surface area contributed by atoms with E-state index in [1.54, 1.807) is 0 Å². The number of nitrogens with zero attached hydrogens (tertiary/aromatic N) is 3. The van der Waals surface area contributed by atoms with Gasteiger partial charge >= 0.3 is 4.84 Å². The van der Waals surface area contributed by atoms with E-state index in [1.165, 1.54) is 16.9 Å². The van der Waals surface area contributed by atoms with Gasteiger partial charge in [-0.15, -0.1) is 0 Å². The number of aryl methyl sites for hydroxylation is 1. The Labute approximate surface area is 121 Å². The molecule has 2 heterocycles. The van der Waals surface area contributed by atoms with E-state index in [-0.39, 0.29) is 4.84 Å². The zero-order valence-corrected chi connectivity index (χ0v) is 12.5. The van der Waals surface area contributed by atoms with E-state index >= 15 is 0 Å². The summed E-state index contributed by atoms with van der Waals surface area (Å²) in [5, 5.41) is 0. The van der Waals surface area contributed by atoms with Crippen LogP contribution in [0.1, 0.15) is 5.56 Å². The highest BCUT2D eigenvalue weighted by atomic mass is 127. The molecule has 0 atom stereocenters. The van der Waals surface area contributed by atoms with Gasteiger partial charge in [-0.1, -0.05) is 40.6 Å². The van der Waals surface area contributed by atoms with Gasteiger partial charge in [0.1, 0.15) is 5.82 Å². The van der Waals surface area contributed by atoms with Crippen molar-refractivity contribution in [2.24, 2.45) is 0 Å². The molecule has 18 heavy (non-hydrogen) atoms. The van der Waals surface area contributed by atoms with Crippen LogP contribution in [-0.2, 0) is 0 Å². The lowest BCUT2D eigenvalue weighted by atomic mass is 10.0. The maximum absolute atomic E-state index is 4.54. The van der Waals surface area contributed by atoms with E-state index in [4.69, 9.17) is 0 Å². The van der Waals surface area contributed by atoms with Gasteiger partial charge in [-0.3, -0.25) is 0 Å². The Morgan fingerprint density at radius 1 is 1.11 bits per heavy atom. The molecular weight excluding hydrogens is 336 g/mol. The van der Waals surface area contributed by atoms with Crippen molar-refractivity contribution in [1.82, 2.24) is 4.98 Å². The SMILES string of the molecule is Cc1ccccc1N1B(I)N(C)c2cccnc21. The van der Waals surface area contributed by atoms with Crippen LogP contribution in [0.5, 0.6) is 0 Å². The lowest BCUT2D eigenvalue weighted by Gasteiger charge is -2.23. The molecule has 0 radical (unpaired) electrons. The van der Waals surface area contributed by atoms with Crippen molar-refractivity contribution in [1.29, 1.82) is 0 Å². The number of fused-ring (bicyclic) bond motifs is 1. The van der Waals surface area contributed by atoms with Crippen molar-refractivity contribution in [3.63, 3.8) is 0 Å². The summed E-state index contributed by atoms with van der Waals surface area (Å²) < 4.78 is 0. The fraction of sp³-hybridized carbons (Fsp3) is 0.154. The van der Waals surface area contributed by atoms with E-state index in [0.717, 1.165) is 5.82 Å². The maximum atomic E-state index is 4.54. The van der Waals surface area contributed by atoms with Gasteiger partial charge in [0.25, 0.3) is 0 Å². The largest absolute Gasteiger partial charge is 0.455 e. The Kier molecular flexibility index (Phi) is 2.93. The minimum Gasteiger partial charge on any atom is -0.387 e. The molecule has 0 saturated heterocycles. The number of rotatable bonds is 1. The highest BCUT2D eigenvalue weighted by Gasteiger charge is 2.38. The van der Waals surface area contributed by atoms with E-state index in [9.17, 15) is 0 Å². The fourth-order valence-electron chi connectivity index (χ4n) is 2.30. The fourth-order valence-corrected chi connectivity index (χ4v) is 3.16. The van der Waals surface area contributed by atoms with Crippen LogP contribution >= 0.6 is 22.4 Å². The number of para-hydroxylation sites is 1. The van der Waals surface area contributed by atoms with Crippen LogP contribution in [0.4, 0.5) is 17.2 Å². The smallest absolute Gasteiger partial charge is 0.387 e. The molecule has 0 fully saturated rings. The first-order valence-electron chi connectivity index (χ1n) is 5.87. The molecule has 5 heteroatoms. The standard InChI is InChI=1S/C13H13BIN3/c1-10-6-3-4-7-11(10)18-13-12(8-5-9-16-13)17(2)14(18)15/h3-9H,1-2H3. The van der Waals surface area contributed by atoms with Gasteiger partial charge in [-0.2, -0.15) is 0 Å². The summed E-state index contributed by atoms with van der Waals surface area (Å²) in [7, 11) is 2.11. The number of hydrogen-bond acceptors (Lipinski definition) is 3. The third-order valence-electron chi connectivity index (χ3n) is 3.28. The molecule has 2 aromatic rings. The molecule has 0 aliphatic carbocycles. The van der Waals surface area contributed by atoms with Crippen LogP contribution < -0.4 is 9.62 Å². The first kappa shape index (κ1) is 11.8. The number of hydrogen-bond donors (Lipinski definition) is 0. The van der Waals surface area contributed by atoms with Crippen molar-refractivity contribution < 1.29 is 0 Å². The monoisotopic (exact) mass is 349 g/mol. The second-order valence-electron chi connectivity index (χ2n) is 4.42. The highest BCUT2D eigenvalue weighted by molar-refractivity contribution is 14.1. The zero-order chi connectivity index (χ0) is 12.7. The van der Waals surface area contributed by atoms with Crippen LogP contribution in [0.2, 0.25) is 0 Å². The summed E-state index contributed by atoms with van der Waals surface area (Å²) in [5.41, 5.74) is 3.67. The van der Waals surface area contributed by atoms with Gasteiger partial charge < -0.3 is 9.62 Å². The summed E-state index contributed by atoms with van der Waals surface area (Å²) in [6, 6.07) is 12.5. The van der Waals surface area contributed by atoms with Crippen LogP contribution in [0.25, 0.3) is 0 Å². The predicted molar refractivity (Wildman–Crippen MR) is 85.7 cm³/mol. The van der Waals surface area contributed by atoms with E-state index in [2.05, 4.69) is 81.3 Å². The molecule has 0 unspecified atom stereocenters. The number of benzene rings is 1. The molecule has 90 valence electrons. The number of aromatic nitrogens is 1. The average molecular weight is 349 g/mol. The van der Waals surface area contributed by atoms with Crippen molar-refractivity contribution in [3.05, 3.63) is 48.2 Å². The zero-order valence-electron chi connectivity index (χ0n) is 10.3. The lowest BCUT2D eigenvalue weighted by Crippen LogP contribution is -2.38. The molecule has 0 bridgehead atoms. The summed E-state index contributed by atoms with van der Waals surface area (Å²) in [6.45, 7) is 2.14. The Morgan fingerprint density at radius 3 is 2.61 bits per heavy atom. The molecule has 1 aliphatic heterocycles. The van der Waals surface area contributed by atoms with Gasteiger partial charge in [0.15, 0.2) is 0 Å². The number of anilines is 3. The highest BCUT2D eigenvalue weighted by Crippen LogP contribution is 2.42. The molecule has 0 saturated carbocycles. The Hall–Kier alpha value is -1.24. The van der Waals surface area contributed by atoms with Crippen molar-refractivity contribution in [2.45, 2.75) is 6.92 Å². The topological polar surface area (TPSA) is 19.4 Å². The number of halogens is 1. The van der Waals surface area contributed by atoms with E-state index < -0.39 is 0 Å². The summed E-state index contributed by atoms with van der Waals surface area (Å²) in [5.74, 6) is 1.04. The molecule has 1 aromatic carbocycles. The molecule has 3 rings (SSSR count). The Balaban J connectivity index is 2.16.